The van der Waals surface area contributed by atoms with Crippen molar-refractivity contribution in [2.75, 3.05) is 13.1 Å². The molecule has 3 heteroatoms. The Labute approximate surface area is 142 Å². The quantitative estimate of drug-likeness (QED) is 0.912. The average Bonchev–Trinajstić information content (AvgIpc) is 3.04. The molecule has 122 valence electrons. The molecule has 2 heterocycles. The number of fused-ring (bicyclic) bond motifs is 4. The summed E-state index contributed by atoms with van der Waals surface area (Å²) in [7, 11) is 0. The van der Waals surface area contributed by atoms with Gasteiger partial charge in [0, 0.05) is 17.5 Å². The van der Waals surface area contributed by atoms with Gasteiger partial charge in [0.1, 0.15) is 5.75 Å². The lowest BCUT2D eigenvalue weighted by Gasteiger charge is -2.54. The van der Waals surface area contributed by atoms with E-state index in [1.54, 1.807) is 0 Å². The zero-order valence-corrected chi connectivity index (χ0v) is 14.8. The first-order valence-electron chi connectivity index (χ1n) is 8.67. The van der Waals surface area contributed by atoms with Crippen LogP contribution in [0.4, 0.5) is 0 Å². The van der Waals surface area contributed by atoms with Gasteiger partial charge in [-0.3, -0.25) is 4.90 Å². The van der Waals surface area contributed by atoms with Gasteiger partial charge in [0.15, 0.2) is 0 Å². The molecular weight excluding hydrogens is 302 g/mol. The second-order valence-corrected chi connectivity index (χ2v) is 8.47. The van der Waals surface area contributed by atoms with Crippen LogP contribution in [0.25, 0.3) is 0 Å². The molecule has 0 amide bonds. The van der Waals surface area contributed by atoms with Crippen molar-refractivity contribution >= 4 is 11.3 Å². The second-order valence-electron chi connectivity index (χ2n) is 7.43. The minimum Gasteiger partial charge on any atom is -0.508 e. The molecule has 2 aromatic rings. The lowest BCUT2D eigenvalue weighted by atomic mass is 9.59. The molecule has 1 aromatic carbocycles. The Kier molecular flexibility index (Phi) is 3.73. The molecule has 2 aliphatic rings. The number of benzene rings is 1. The van der Waals surface area contributed by atoms with Gasteiger partial charge in [-0.15, -0.1) is 11.3 Å². The smallest absolute Gasteiger partial charge is 0.115 e. The number of aromatic hydroxyl groups is 1. The van der Waals surface area contributed by atoms with Crippen molar-refractivity contribution in [2.45, 2.75) is 44.6 Å². The van der Waals surface area contributed by atoms with Gasteiger partial charge < -0.3 is 5.11 Å². The molecule has 0 saturated carbocycles. The average molecular weight is 327 g/mol. The molecule has 2 nitrogen and oxygen atoms in total. The third-order valence-corrected chi connectivity index (χ3v) is 7.27. The Bertz CT molecular complexity index is 696. The van der Waals surface area contributed by atoms with E-state index < -0.39 is 0 Å². The number of likely N-dealkylation sites (tertiary alicyclic amines) is 1. The predicted molar refractivity (Wildman–Crippen MR) is 96.3 cm³/mol. The van der Waals surface area contributed by atoms with Gasteiger partial charge in [-0.25, -0.2) is 0 Å². The largest absolute Gasteiger partial charge is 0.508 e. The van der Waals surface area contributed by atoms with Crippen molar-refractivity contribution in [3.8, 4) is 5.75 Å². The summed E-state index contributed by atoms with van der Waals surface area (Å²) in [5, 5.41) is 12.1. The monoisotopic (exact) mass is 327 g/mol. The zero-order chi connectivity index (χ0) is 16.0. The fraction of sp³-hybridized carbons (Fsp3) is 0.500. The summed E-state index contributed by atoms with van der Waals surface area (Å²) in [5.41, 5.74) is 3.03. The molecule has 3 atom stereocenters. The van der Waals surface area contributed by atoms with Crippen molar-refractivity contribution in [1.82, 2.24) is 4.90 Å². The van der Waals surface area contributed by atoms with Gasteiger partial charge in [-0.2, -0.15) is 0 Å². The molecule has 1 N–H and O–H groups in total. The van der Waals surface area contributed by atoms with Crippen LogP contribution >= 0.6 is 11.3 Å². The number of thiophene rings is 1. The molecule has 1 aliphatic heterocycles. The highest BCUT2D eigenvalue weighted by Crippen LogP contribution is 2.49. The van der Waals surface area contributed by atoms with Crippen LogP contribution in [0, 0.1) is 5.92 Å². The van der Waals surface area contributed by atoms with Crippen LogP contribution in [-0.2, 0) is 18.3 Å². The van der Waals surface area contributed by atoms with Crippen LogP contribution in [0.15, 0.2) is 35.7 Å². The highest BCUT2D eigenvalue weighted by Gasteiger charge is 2.48. The Hall–Kier alpha value is -1.32. The molecule has 0 radical (unpaired) electrons. The van der Waals surface area contributed by atoms with E-state index in [0.29, 0.717) is 17.7 Å². The first-order chi connectivity index (χ1) is 11.1. The Morgan fingerprint density at radius 3 is 3.00 bits per heavy atom. The fourth-order valence-electron chi connectivity index (χ4n) is 4.68. The molecule has 23 heavy (non-hydrogen) atoms. The summed E-state index contributed by atoms with van der Waals surface area (Å²) < 4.78 is 0. The highest BCUT2D eigenvalue weighted by molar-refractivity contribution is 7.09. The van der Waals surface area contributed by atoms with Crippen LogP contribution in [0.5, 0.6) is 5.75 Å². The first kappa shape index (κ1) is 15.2. The molecule has 1 saturated heterocycles. The van der Waals surface area contributed by atoms with Gasteiger partial charge in [0.25, 0.3) is 0 Å². The summed E-state index contributed by atoms with van der Waals surface area (Å²) in [6, 6.07) is 11.0. The molecule has 2 bridgehead atoms. The van der Waals surface area contributed by atoms with Crippen molar-refractivity contribution in [3.05, 3.63) is 51.7 Å². The van der Waals surface area contributed by atoms with Crippen molar-refractivity contribution in [2.24, 2.45) is 5.92 Å². The third kappa shape index (κ3) is 2.50. The highest BCUT2D eigenvalue weighted by atomic mass is 32.1. The Morgan fingerprint density at radius 2 is 2.22 bits per heavy atom. The van der Waals surface area contributed by atoms with Gasteiger partial charge in [0.05, 0.1) is 0 Å². The number of hydrogen-bond acceptors (Lipinski definition) is 3. The van der Waals surface area contributed by atoms with E-state index in [0.717, 1.165) is 6.42 Å². The lowest BCUT2D eigenvalue weighted by molar-refractivity contribution is 0.0323. The molecule has 0 spiro atoms. The summed E-state index contributed by atoms with van der Waals surface area (Å²) in [6.07, 6.45) is 3.47. The van der Waals surface area contributed by atoms with Crippen molar-refractivity contribution in [1.29, 1.82) is 0 Å². The SMILES string of the molecule is C[C@H]1C2Cc3ccc(O)cc3[C@]1(C)CCN2CCc1cccs1. The van der Waals surface area contributed by atoms with E-state index in [1.807, 2.05) is 23.5 Å². The minimum absolute atomic E-state index is 0.205. The van der Waals surface area contributed by atoms with Gasteiger partial charge in [-0.1, -0.05) is 26.0 Å². The number of nitrogens with zero attached hydrogens (tertiary/aromatic N) is 1. The van der Waals surface area contributed by atoms with E-state index in [4.69, 9.17) is 0 Å². The molecule has 1 aliphatic carbocycles. The summed E-state index contributed by atoms with van der Waals surface area (Å²) in [5.74, 6) is 1.05. The normalized spacial score (nSPS) is 30.2. The number of phenols is 1. The molecule has 4 rings (SSSR count). The maximum Gasteiger partial charge on any atom is 0.115 e. The van der Waals surface area contributed by atoms with Crippen LogP contribution < -0.4 is 0 Å². The summed E-state index contributed by atoms with van der Waals surface area (Å²) >= 11 is 1.87. The number of rotatable bonds is 3. The van der Waals surface area contributed by atoms with Crippen molar-refractivity contribution in [3.63, 3.8) is 0 Å². The van der Waals surface area contributed by atoms with E-state index in [9.17, 15) is 5.11 Å². The molecule has 1 fully saturated rings. The van der Waals surface area contributed by atoms with Crippen molar-refractivity contribution < 1.29 is 5.11 Å². The Morgan fingerprint density at radius 1 is 1.35 bits per heavy atom. The lowest BCUT2D eigenvalue weighted by Crippen LogP contribution is -2.58. The van der Waals surface area contributed by atoms with Gasteiger partial charge >= 0.3 is 0 Å². The number of piperidine rings is 1. The van der Waals surface area contributed by atoms with Crippen LogP contribution in [0.2, 0.25) is 0 Å². The third-order valence-electron chi connectivity index (χ3n) is 6.33. The standard InChI is InChI=1S/C20H25NOS/c1-14-19-12-15-5-6-16(22)13-18(15)20(14,2)8-10-21(19)9-7-17-4-3-11-23-17/h3-6,11,13-14,19,22H,7-10,12H2,1-2H3/t14-,19?,20+/m0/s1. The molecule has 1 unspecified atom stereocenters. The Balaban J connectivity index is 1.59. The van der Waals surface area contributed by atoms with E-state index >= 15 is 0 Å². The number of phenolic OH excluding ortho intramolecular Hbond substituents is 1. The topological polar surface area (TPSA) is 23.5 Å². The second kappa shape index (κ2) is 5.64. The van der Waals surface area contributed by atoms with Crippen LogP contribution in [0.3, 0.4) is 0 Å². The van der Waals surface area contributed by atoms with Crippen LogP contribution in [-0.4, -0.2) is 29.1 Å². The maximum absolute atomic E-state index is 9.92. The van der Waals surface area contributed by atoms with E-state index in [2.05, 4.69) is 42.3 Å². The zero-order valence-electron chi connectivity index (χ0n) is 14.0. The fourth-order valence-corrected chi connectivity index (χ4v) is 5.38. The van der Waals surface area contributed by atoms with Gasteiger partial charge in [0.2, 0.25) is 0 Å². The summed E-state index contributed by atoms with van der Waals surface area (Å²) in [4.78, 5) is 4.20. The van der Waals surface area contributed by atoms with E-state index in [1.165, 1.54) is 41.9 Å². The predicted octanol–water partition coefficient (Wildman–Crippen LogP) is 4.22. The summed E-state index contributed by atoms with van der Waals surface area (Å²) in [6.45, 7) is 7.15. The molecule has 1 aromatic heterocycles. The number of hydrogen-bond donors (Lipinski definition) is 1. The van der Waals surface area contributed by atoms with Gasteiger partial charge in [-0.05, 0) is 71.8 Å². The van der Waals surface area contributed by atoms with E-state index in [-0.39, 0.29) is 5.41 Å². The van der Waals surface area contributed by atoms with Crippen LogP contribution in [0.1, 0.15) is 36.3 Å². The maximum atomic E-state index is 9.92. The first-order valence-corrected chi connectivity index (χ1v) is 9.55. The minimum atomic E-state index is 0.205. The molecular formula is C20H25NOS.